The third-order valence-electron chi connectivity index (χ3n) is 5.18. The Hall–Kier alpha value is -0.510. The Morgan fingerprint density at radius 2 is 2.04 bits per heavy atom. The van der Waals surface area contributed by atoms with Gasteiger partial charge in [0.2, 0.25) is 10.0 Å². The van der Waals surface area contributed by atoms with E-state index in [9.17, 15) is 13.5 Å². The monoisotopic (exact) mass is 392 g/mol. The van der Waals surface area contributed by atoms with Gasteiger partial charge in [-0.1, -0.05) is 19.8 Å². The number of nitrogens with one attached hydrogen (secondary N) is 2. The fourth-order valence-corrected chi connectivity index (χ4v) is 5.84. The molecule has 2 aliphatic rings. The van der Waals surface area contributed by atoms with Gasteiger partial charge in [0.25, 0.3) is 0 Å². The molecule has 1 saturated heterocycles. The third kappa shape index (κ3) is 6.01. The highest BCUT2D eigenvalue weighted by Gasteiger charge is 2.35. The number of aliphatic imine (C=N–C) groups is 1. The highest BCUT2D eigenvalue weighted by molar-refractivity contribution is 7.99. The van der Waals surface area contributed by atoms with E-state index in [0.717, 1.165) is 37.2 Å². The van der Waals surface area contributed by atoms with Crippen molar-refractivity contribution in [2.24, 2.45) is 10.4 Å². The molecule has 0 aromatic rings. The number of thioether (sulfide) groups is 1. The lowest BCUT2D eigenvalue weighted by Gasteiger charge is -2.38. The van der Waals surface area contributed by atoms with Crippen molar-refractivity contribution in [3.05, 3.63) is 0 Å². The molecule has 0 amide bonds. The molecule has 0 radical (unpaired) electrons. The molecule has 3 N–H and O–H groups in total. The van der Waals surface area contributed by atoms with E-state index >= 15 is 0 Å². The summed E-state index contributed by atoms with van der Waals surface area (Å²) in [6.07, 6.45) is 3.74. The van der Waals surface area contributed by atoms with Crippen LogP contribution in [0.5, 0.6) is 0 Å². The van der Waals surface area contributed by atoms with Gasteiger partial charge in [-0.2, -0.15) is 11.8 Å². The summed E-state index contributed by atoms with van der Waals surface area (Å²) in [5.74, 6) is 2.40. The minimum atomic E-state index is -3.21. The Morgan fingerprint density at radius 1 is 1.32 bits per heavy atom. The van der Waals surface area contributed by atoms with Crippen molar-refractivity contribution < 1.29 is 13.5 Å². The van der Waals surface area contributed by atoms with Gasteiger partial charge in [-0.15, -0.1) is 0 Å². The van der Waals surface area contributed by atoms with E-state index in [4.69, 9.17) is 0 Å². The van der Waals surface area contributed by atoms with Gasteiger partial charge in [-0.3, -0.25) is 4.99 Å². The van der Waals surface area contributed by atoms with Crippen LogP contribution in [-0.4, -0.2) is 80.4 Å². The molecule has 1 heterocycles. The maximum Gasteiger partial charge on any atom is 0.215 e. The minimum Gasteiger partial charge on any atom is -0.392 e. The summed E-state index contributed by atoms with van der Waals surface area (Å²) in [5.41, 5.74) is -0.159. The molecule has 146 valence electrons. The van der Waals surface area contributed by atoms with Gasteiger partial charge in [-0.25, -0.2) is 12.7 Å². The average molecular weight is 393 g/mol. The standard InChI is InChI=1S/C16H32N4O3S2/c1-16(6-4-3-5-14(16)21)13-19-15(17-2)18-7-12-25(22,23)20-8-10-24-11-9-20/h14,21H,3-13H2,1-2H3,(H2,17,18,19). The van der Waals surface area contributed by atoms with Crippen molar-refractivity contribution in [2.75, 3.05) is 50.5 Å². The number of guanidine groups is 1. The zero-order chi connectivity index (χ0) is 18.3. The molecule has 2 atom stereocenters. The van der Waals surface area contributed by atoms with Crippen LogP contribution in [-0.2, 0) is 10.0 Å². The Kier molecular flexibility index (Phi) is 7.85. The van der Waals surface area contributed by atoms with Crippen LogP contribution in [0, 0.1) is 5.41 Å². The van der Waals surface area contributed by atoms with E-state index in [1.54, 1.807) is 23.1 Å². The van der Waals surface area contributed by atoms with Gasteiger partial charge in [-0.05, 0) is 12.8 Å². The average Bonchev–Trinajstić information content (AvgIpc) is 2.61. The van der Waals surface area contributed by atoms with E-state index in [2.05, 4.69) is 22.5 Å². The van der Waals surface area contributed by atoms with E-state index in [0.29, 0.717) is 32.1 Å². The van der Waals surface area contributed by atoms with Crippen molar-refractivity contribution in [1.29, 1.82) is 0 Å². The van der Waals surface area contributed by atoms with E-state index in [-0.39, 0.29) is 17.3 Å². The molecular formula is C16H32N4O3S2. The fourth-order valence-electron chi connectivity index (χ4n) is 3.35. The molecule has 2 rings (SSSR count). The quantitative estimate of drug-likeness (QED) is 0.449. The highest BCUT2D eigenvalue weighted by atomic mass is 32.2. The summed E-state index contributed by atoms with van der Waals surface area (Å²) >= 11 is 1.80. The second-order valence-corrected chi connectivity index (χ2v) is 10.4. The lowest BCUT2D eigenvalue weighted by molar-refractivity contribution is 0.00398. The maximum absolute atomic E-state index is 12.3. The first-order valence-corrected chi connectivity index (χ1v) is 11.8. The van der Waals surface area contributed by atoms with E-state index < -0.39 is 10.0 Å². The van der Waals surface area contributed by atoms with Crippen LogP contribution in [0.3, 0.4) is 0 Å². The van der Waals surface area contributed by atoms with Crippen LogP contribution in [0.4, 0.5) is 0 Å². The molecular weight excluding hydrogens is 360 g/mol. The molecule has 7 nitrogen and oxygen atoms in total. The number of nitrogens with zero attached hydrogens (tertiary/aromatic N) is 2. The summed E-state index contributed by atoms with van der Waals surface area (Å²) in [6.45, 7) is 4.26. The smallest absolute Gasteiger partial charge is 0.215 e. The number of hydrogen-bond donors (Lipinski definition) is 3. The summed E-state index contributed by atoms with van der Waals surface area (Å²) in [5, 5.41) is 16.6. The molecule has 1 saturated carbocycles. The first-order chi connectivity index (χ1) is 11.9. The Labute approximate surface area is 156 Å². The zero-order valence-corrected chi connectivity index (χ0v) is 17.0. The van der Waals surface area contributed by atoms with Gasteiger partial charge < -0.3 is 15.7 Å². The van der Waals surface area contributed by atoms with Gasteiger partial charge in [0, 0.05) is 50.1 Å². The number of rotatable bonds is 6. The predicted molar refractivity (Wildman–Crippen MR) is 105 cm³/mol. The molecule has 2 unspecified atom stereocenters. The lowest BCUT2D eigenvalue weighted by Crippen LogP contribution is -2.49. The number of aliphatic hydroxyl groups excluding tert-OH is 1. The highest BCUT2D eigenvalue weighted by Crippen LogP contribution is 2.35. The normalized spacial score (nSPS) is 29.4. The molecule has 0 spiro atoms. The molecule has 1 aliphatic heterocycles. The van der Waals surface area contributed by atoms with Crippen molar-refractivity contribution in [2.45, 2.75) is 38.7 Å². The van der Waals surface area contributed by atoms with Gasteiger partial charge in [0.05, 0.1) is 11.9 Å². The maximum atomic E-state index is 12.3. The van der Waals surface area contributed by atoms with E-state index in [1.165, 1.54) is 0 Å². The van der Waals surface area contributed by atoms with Crippen LogP contribution in [0.15, 0.2) is 4.99 Å². The molecule has 0 bridgehead atoms. The molecule has 0 aromatic carbocycles. The SMILES string of the molecule is CN=C(NCCS(=O)(=O)N1CCSCC1)NCC1(C)CCCCC1O. The molecule has 9 heteroatoms. The summed E-state index contributed by atoms with van der Waals surface area (Å²) in [4.78, 5) is 4.16. The van der Waals surface area contributed by atoms with Gasteiger partial charge in [0.15, 0.2) is 5.96 Å². The molecule has 25 heavy (non-hydrogen) atoms. The molecule has 1 aliphatic carbocycles. The second kappa shape index (κ2) is 9.43. The Balaban J connectivity index is 1.76. The van der Waals surface area contributed by atoms with Crippen LogP contribution in [0.1, 0.15) is 32.6 Å². The summed E-state index contributed by atoms with van der Waals surface area (Å²) in [6, 6.07) is 0. The number of aliphatic hydroxyl groups is 1. The van der Waals surface area contributed by atoms with Crippen molar-refractivity contribution >= 4 is 27.7 Å². The third-order valence-corrected chi connectivity index (χ3v) is 7.99. The Bertz CT molecular complexity index is 550. The summed E-state index contributed by atoms with van der Waals surface area (Å²) < 4.78 is 26.3. The van der Waals surface area contributed by atoms with Crippen molar-refractivity contribution in [3.63, 3.8) is 0 Å². The summed E-state index contributed by atoms with van der Waals surface area (Å²) in [7, 11) is -1.54. The topological polar surface area (TPSA) is 94.0 Å². The zero-order valence-electron chi connectivity index (χ0n) is 15.3. The van der Waals surface area contributed by atoms with Crippen molar-refractivity contribution in [3.8, 4) is 0 Å². The lowest BCUT2D eigenvalue weighted by atomic mass is 9.73. The number of sulfonamides is 1. The molecule has 0 aromatic heterocycles. The van der Waals surface area contributed by atoms with Crippen molar-refractivity contribution in [1.82, 2.24) is 14.9 Å². The molecule has 2 fully saturated rings. The van der Waals surface area contributed by atoms with Crippen LogP contribution >= 0.6 is 11.8 Å². The first-order valence-electron chi connectivity index (χ1n) is 9.05. The first kappa shape index (κ1) is 20.8. The fraction of sp³-hybridized carbons (Fsp3) is 0.938. The second-order valence-electron chi connectivity index (χ2n) is 7.10. The van der Waals surface area contributed by atoms with Gasteiger partial charge in [0.1, 0.15) is 0 Å². The van der Waals surface area contributed by atoms with Crippen LogP contribution in [0.25, 0.3) is 0 Å². The predicted octanol–water partition coefficient (Wildman–Crippen LogP) is 0.471. The largest absolute Gasteiger partial charge is 0.392 e. The number of hydrogen-bond acceptors (Lipinski definition) is 5. The van der Waals surface area contributed by atoms with Gasteiger partial charge >= 0.3 is 0 Å². The van der Waals surface area contributed by atoms with E-state index in [1.807, 2.05) is 0 Å². The minimum absolute atomic E-state index is 0.0677. The Morgan fingerprint density at radius 3 is 2.68 bits per heavy atom. The van der Waals surface area contributed by atoms with Crippen LogP contribution < -0.4 is 10.6 Å². The van der Waals surface area contributed by atoms with Crippen LogP contribution in [0.2, 0.25) is 0 Å².